The number of nitro benzene ring substituents is 1. The van der Waals surface area contributed by atoms with E-state index < -0.39 is 4.92 Å². The molecule has 0 unspecified atom stereocenters. The van der Waals surface area contributed by atoms with Gasteiger partial charge in [0.15, 0.2) is 0 Å². The van der Waals surface area contributed by atoms with Gasteiger partial charge in [-0.1, -0.05) is 11.6 Å². The van der Waals surface area contributed by atoms with Gasteiger partial charge in [-0.25, -0.2) is 0 Å². The number of rotatable bonds is 3. The maximum absolute atomic E-state index is 10.7. The van der Waals surface area contributed by atoms with Gasteiger partial charge in [0.25, 0.3) is 5.69 Å². The predicted octanol–water partition coefficient (Wildman–Crippen LogP) is 4.66. The number of non-ortho nitro benzene ring substituents is 1. The van der Waals surface area contributed by atoms with Crippen LogP contribution in [0, 0.1) is 24.0 Å². The van der Waals surface area contributed by atoms with Crippen LogP contribution < -0.4 is 4.74 Å². The standard InChI is InChI=1S/C14H12ClNO3/c1-9-7-11(15)3-5-13(9)19-14-6-4-12(16(17)18)8-10(14)2/h3-8H,1-2H3. The molecule has 0 heterocycles. The average molecular weight is 278 g/mol. The second-order valence-corrected chi connectivity index (χ2v) is 4.66. The molecule has 0 spiro atoms. The van der Waals surface area contributed by atoms with Gasteiger partial charge in [-0.05, 0) is 49.2 Å². The Balaban J connectivity index is 2.31. The van der Waals surface area contributed by atoms with Crippen molar-refractivity contribution in [2.24, 2.45) is 0 Å². The molecule has 0 fully saturated rings. The van der Waals surface area contributed by atoms with Gasteiger partial charge in [0, 0.05) is 17.2 Å². The molecule has 0 aromatic heterocycles. The van der Waals surface area contributed by atoms with Crippen LogP contribution in [0.5, 0.6) is 11.5 Å². The Hall–Kier alpha value is -2.07. The smallest absolute Gasteiger partial charge is 0.269 e. The lowest BCUT2D eigenvalue weighted by atomic mass is 10.2. The number of halogens is 1. The van der Waals surface area contributed by atoms with E-state index >= 15 is 0 Å². The molecule has 0 saturated carbocycles. The first kappa shape index (κ1) is 13.4. The first-order valence-corrected chi connectivity index (χ1v) is 6.04. The first-order chi connectivity index (χ1) is 8.97. The third kappa shape index (κ3) is 3.03. The highest BCUT2D eigenvalue weighted by Crippen LogP contribution is 2.31. The molecule has 0 aliphatic rings. The lowest BCUT2D eigenvalue weighted by molar-refractivity contribution is -0.384. The third-order valence-corrected chi connectivity index (χ3v) is 2.96. The summed E-state index contributed by atoms with van der Waals surface area (Å²) in [4.78, 5) is 10.2. The van der Waals surface area contributed by atoms with E-state index in [9.17, 15) is 10.1 Å². The molecule has 0 bridgehead atoms. The lowest BCUT2D eigenvalue weighted by Gasteiger charge is -2.11. The molecule has 0 saturated heterocycles. The highest BCUT2D eigenvalue weighted by Gasteiger charge is 2.10. The molecule has 0 amide bonds. The Morgan fingerprint density at radius 1 is 1.05 bits per heavy atom. The third-order valence-electron chi connectivity index (χ3n) is 2.73. The van der Waals surface area contributed by atoms with E-state index in [2.05, 4.69) is 0 Å². The van der Waals surface area contributed by atoms with Gasteiger partial charge in [0.2, 0.25) is 0 Å². The molecule has 0 N–H and O–H groups in total. The normalized spacial score (nSPS) is 10.3. The van der Waals surface area contributed by atoms with E-state index in [-0.39, 0.29) is 5.69 Å². The average Bonchev–Trinajstić information content (AvgIpc) is 2.34. The fraction of sp³-hybridized carbons (Fsp3) is 0.143. The summed E-state index contributed by atoms with van der Waals surface area (Å²) in [6.07, 6.45) is 0. The molecule has 0 radical (unpaired) electrons. The zero-order chi connectivity index (χ0) is 14.0. The van der Waals surface area contributed by atoms with Crippen molar-refractivity contribution in [1.29, 1.82) is 0 Å². The summed E-state index contributed by atoms with van der Waals surface area (Å²) in [7, 11) is 0. The predicted molar refractivity (Wildman–Crippen MR) is 74.1 cm³/mol. The van der Waals surface area contributed by atoms with Gasteiger partial charge in [-0.2, -0.15) is 0 Å². The Bertz CT molecular complexity index is 641. The molecular weight excluding hydrogens is 266 g/mol. The molecule has 2 aromatic rings. The minimum absolute atomic E-state index is 0.0534. The van der Waals surface area contributed by atoms with Gasteiger partial charge in [-0.15, -0.1) is 0 Å². The molecule has 19 heavy (non-hydrogen) atoms. The number of nitro groups is 1. The van der Waals surface area contributed by atoms with Crippen LogP contribution in [0.1, 0.15) is 11.1 Å². The summed E-state index contributed by atoms with van der Waals surface area (Å²) >= 11 is 5.88. The van der Waals surface area contributed by atoms with Crippen LogP contribution in [-0.2, 0) is 0 Å². The van der Waals surface area contributed by atoms with Crippen LogP contribution in [0.2, 0.25) is 5.02 Å². The summed E-state index contributed by atoms with van der Waals surface area (Å²) in [5.41, 5.74) is 1.67. The highest BCUT2D eigenvalue weighted by atomic mass is 35.5. The molecule has 2 aromatic carbocycles. The summed E-state index contributed by atoms with van der Waals surface area (Å²) in [6.45, 7) is 3.66. The van der Waals surface area contributed by atoms with Gasteiger partial charge in [0.1, 0.15) is 11.5 Å². The molecular formula is C14H12ClNO3. The maximum atomic E-state index is 10.7. The van der Waals surface area contributed by atoms with E-state index in [1.165, 1.54) is 12.1 Å². The number of hydrogen-bond acceptors (Lipinski definition) is 3. The van der Waals surface area contributed by atoms with E-state index in [0.717, 1.165) is 5.56 Å². The van der Waals surface area contributed by atoms with Crippen molar-refractivity contribution in [3.63, 3.8) is 0 Å². The number of nitrogens with zero attached hydrogens (tertiary/aromatic N) is 1. The van der Waals surface area contributed by atoms with Crippen LogP contribution in [0.25, 0.3) is 0 Å². The SMILES string of the molecule is Cc1cc(Cl)ccc1Oc1ccc([N+](=O)[O-])cc1C. The second kappa shape index (κ2) is 5.28. The molecule has 0 aliphatic heterocycles. The zero-order valence-electron chi connectivity index (χ0n) is 10.5. The van der Waals surface area contributed by atoms with Gasteiger partial charge in [0.05, 0.1) is 4.92 Å². The van der Waals surface area contributed by atoms with Crippen LogP contribution in [-0.4, -0.2) is 4.92 Å². The van der Waals surface area contributed by atoms with Crippen molar-refractivity contribution in [2.75, 3.05) is 0 Å². The number of ether oxygens (including phenoxy) is 1. The summed E-state index contributed by atoms with van der Waals surface area (Å²) < 4.78 is 5.75. The largest absolute Gasteiger partial charge is 0.457 e. The Kier molecular flexibility index (Phi) is 3.71. The van der Waals surface area contributed by atoms with Crippen molar-refractivity contribution < 1.29 is 9.66 Å². The van der Waals surface area contributed by atoms with Crippen LogP contribution in [0.3, 0.4) is 0 Å². The lowest BCUT2D eigenvalue weighted by Crippen LogP contribution is -1.93. The molecule has 0 aliphatic carbocycles. The second-order valence-electron chi connectivity index (χ2n) is 4.22. The van der Waals surface area contributed by atoms with Crippen molar-refractivity contribution in [1.82, 2.24) is 0 Å². The van der Waals surface area contributed by atoms with Crippen molar-refractivity contribution in [2.45, 2.75) is 13.8 Å². The molecule has 98 valence electrons. The van der Waals surface area contributed by atoms with Crippen LogP contribution in [0.4, 0.5) is 5.69 Å². The van der Waals surface area contributed by atoms with Gasteiger partial charge in [-0.3, -0.25) is 10.1 Å². The molecule has 5 heteroatoms. The zero-order valence-corrected chi connectivity index (χ0v) is 11.3. The Labute approximate surface area is 115 Å². The van der Waals surface area contributed by atoms with E-state index in [1.54, 1.807) is 31.2 Å². The fourth-order valence-corrected chi connectivity index (χ4v) is 1.93. The van der Waals surface area contributed by atoms with Gasteiger partial charge < -0.3 is 4.74 Å². The van der Waals surface area contributed by atoms with E-state index in [1.807, 2.05) is 6.92 Å². The maximum Gasteiger partial charge on any atom is 0.269 e. The fourth-order valence-electron chi connectivity index (χ4n) is 1.71. The van der Waals surface area contributed by atoms with E-state index in [0.29, 0.717) is 22.1 Å². The highest BCUT2D eigenvalue weighted by molar-refractivity contribution is 6.30. The minimum Gasteiger partial charge on any atom is -0.457 e. The van der Waals surface area contributed by atoms with Crippen molar-refractivity contribution in [3.8, 4) is 11.5 Å². The number of benzene rings is 2. The van der Waals surface area contributed by atoms with Crippen LogP contribution >= 0.6 is 11.6 Å². The van der Waals surface area contributed by atoms with Crippen LogP contribution in [0.15, 0.2) is 36.4 Å². The van der Waals surface area contributed by atoms with Crippen molar-refractivity contribution in [3.05, 3.63) is 62.7 Å². The minimum atomic E-state index is -0.426. The van der Waals surface area contributed by atoms with Gasteiger partial charge >= 0.3 is 0 Å². The molecule has 0 atom stereocenters. The first-order valence-electron chi connectivity index (χ1n) is 5.66. The number of hydrogen-bond donors (Lipinski definition) is 0. The Morgan fingerprint density at radius 3 is 2.16 bits per heavy atom. The number of aryl methyl sites for hydroxylation is 2. The van der Waals surface area contributed by atoms with Crippen molar-refractivity contribution >= 4 is 17.3 Å². The summed E-state index contributed by atoms with van der Waals surface area (Å²) in [6, 6.07) is 9.83. The van der Waals surface area contributed by atoms with E-state index in [4.69, 9.17) is 16.3 Å². The topological polar surface area (TPSA) is 52.4 Å². The summed E-state index contributed by atoms with van der Waals surface area (Å²) in [5, 5.41) is 11.3. The quantitative estimate of drug-likeness (QED) is 0.606. The summed E-state index contributed by atoms with van der Waals surface area (Å²) in [5.74, 6) is 1.28. The molecule has 2 rings (SSSR count). The Morgan fingerprint density at radius 2 is 1.63 bits per heavy atom. The molecule has 4 nitrogen and oxygen atoms in total. The monoisotopic (exact) mass is 277 g/mol.